The average Bonchev–Trinajstić information content (AvgIpc) is 2.82. The van der Waals surface area contributed by atoms with Gasteiger partial charge in [0.1, 0.15) is 17.7 Å². The van der Waals surface area contributed by atoms with E-state index in [-0.39, 0.29) is 24.8 Å². The summed E-state index contributed by atoms with van der Waals surface area (Å²) in [6.45, 7) is 13.1. The van der Waals surface area contributed by atoms with Crippen molar-refractivity contribution in [2.24, 2.45) is 0 Å². The number of likely N-dealkylation sites (tertiary alicyclic amines) is 1. The zero-order chi connectivity index (χ0) is 26.0. The molecule has 2 heterocycles. The molecule has 194 valence electrons. The zero-order valence-corrected chi connectivity index (χ0v) is 21.5. The number of carbonyl (C=O) groups excluding carboxylic acids is 3. The molecule has 1 saturated heterocycles. The van der Waals surface area contributed by atoms with Crippen LogP contribution in [0.5, 0.6) is 0 Å². The topological polar surface area (TPSA) is 124 Å². The van der Waals surface area contributed by atoms with E-state index in [0.717, 1.165) is 38.9 Å². The first kappa shape index (κ1) is 31.3. The minimum Gasteiger partial charge on any atom is -0.444 e. The molecule has 2 rings (SSSR count). The van der Waals surface area contributed by atoms with Crippen LogP contribution >= 0.6 is 0 Å². The summed E-state index contributed by atoms with van der Waals surface area (Å²) < 4.78 is 5.15. The lowest BCUT2D eigenvalue weighted by molar-refractivity contribution is -0.106. The van der Waals surface area contributed by atoms with Gasteiger partial charge < -0.3 is 30.2 Å². The van der Waals surface area contributed by atoms with Crippen LogP contribution in [0.25, 0.3) is 0 Å². The molecule has 1 aromatic rings. The Kier molecular flexibility index (Phi) is 16.3. The normalized spacial score (nSPS) is 13.9. The number of rotatable bonds is 7. The highest BCUT2D eigenvalue weighted by Crippen LogP contribution is 2.10. The van der Waals surface area contributed by atoms with Crippen LogP contribution in [0.4, 0.5) is 15.4 Å². The van der Waals surface area contributed by atoms with Crippen LogP contribution in [0.2, 0.25) is 0 Å². The first-order valence-corrected chi connectivity index (χ1v) is 11.9. The summed E-state index contributed by atoms with van der Waals surface area (Å²) in [5, 5.41) is 14.6. The number of hydrogen-bond donors (Lipinski definition) is 3. The number of aliphatic hydroxyl groups is 1. The van der Waals surface area contributed by atoms with Gasteiger partial charge in [-0.2, -0.15) is 0 Å². The third-order valence-corrected chi connectivity index (χ3v) is 4.52. The highest BCUT2D eigenvalue weighted by molar-refractivity contribution is 5.93. The number of anilines is 1. The van der Waals surface area contributed by atoms with Crippen molar-refractivity contribution >= 4 is 24.2 Å². The summed E-state index contributed by atoms with van der Waals surface area (Å²) in [7, 11) is 1.50. The minimum atomic E-state index is -0.437. The fraction of sp³-hybridized carbons (Fsp3) is 0.667. The molecule has 1 aliphatic heterocycles. The molecule has 0 bridgehead atoms. The van der Waals surface area contributed by atoms with Gasteiger partial charge in [0.05, 0.1) is 12.6 Å². The second kappa shape index (κ2) is 17.7. The van der Waals surface area contributed by atoms with E-state index >= 15 is 0 Å². The molecule has 0 atom stereocenters. The van der Waals surface area contributed by atoms with E-state index in [1.54, 1.807) is 24.4 Å². The quantitative estimate of drug-likeness (QED) is 0.404. The fourth-order valence-corrected chi connectivity index (χ4v) is 2.95. The smallest absolute Gasteiger partial charge is 0.407 e. The number of carbonyl (C=O) groups is 3. The van der Waals surface area contributed by atoms with Gasteiger partial charge >= 0.3 is 12.1 Å². The molecule has 10 heteroatoms. The first-order chi connectivity index (χ1) is 16.2. The molecule has 1 aromatic heterocycles. The van der Waals surface area contributed by atoms with E-state index in [2.05, 4.69) is 20.5 Å². The van der Waals surface area contributed by atoms with Gasteiger partial charge in [0.2, 0.25) is 0 Å². The van der Waals surface area contributed by atoms with Crippen molar-refractivity contribution in [1.82, 2.24) is 20.5 Å². The van der Waals surface area contributed by atoms with Crippen LogP contribution in [0.3, 0.4) is 0 Å². The molecule has 0 aliphatic carbocycles. The SMILES string of the molecule is CC.CC(C)(C)OC(=O)NCCCN1CCC(O)CC1.CNC(=O)N(CC=O)c1ccccn1. The number of aromatic nitrogens is 1. The average molecular weight is 482 g/mol. The number of aldehydes is 1. The Hall–Kier alpha value is -2.72. The molecule has 3 amide bonds. The van der Waals surface area contributed by atoms with Crippen LogP contribution < -0.4 is 15.5 Å². The summed E-state index contributed by atoms with van der Waals surface area (Å²) in [5.41, 5.74) is -0.437. The number of hydrogen-bond acceptors (Lipinski definition) is 7. The van der Waals surface area contributed by atoms with E-state index in [1.165, 1.54) is 11.9 Å². The van der Waals surface area contributed by atoms with Gasteiger partial charge in [-0.3, -0.25) is 4.90 Å². The van der Waals surface area contributed by atoms with Crippen molar-refractivity contribution in [2.45, 2.75) is 65.6 Å². The molecule has 34 heavy (non-hydrogen) atoms. The Morgan fingerprint density at radius 3 is 2.41 bits per heavy atom. The maximum absolute atomic E-state index is 11.4. The molecular weight excluding hydrogens is 438 g/mol. The lowest BCUT2D eigenvalue weighted by Crippen LogP contribution is -2.39. The third kappa shape index (κ3) is 14.4. The minimum absolute atomic E-state index is 0.00329. The maximum Gasteiger partial charge on any atom is 0.407 e. The van der Waals surface area contributed by atoms with Crippen molar-refractivity contribution in [3.8, 4) is 0 Å². The van der Waals surface area contributed by atoms with Crippen molar-refractivity contribution in [3.05, 3.63) is 24.4 Å². The summed E-state index contributed by atoms with van der Waals surface area (Å²) in [6, 6.07) is 4.81. The second-order valence-electron chi connectivity index (χ2n) is 8.38. The highest BCUT2D eigenvalue weighted by Gasteiger charge is 2.17. The molecule has 0 spiro atoms. The van der Waals surface area contributed by atoms with Gasteiger partial charge in [-0.05, 0) is 58.7 Å². The summed E-state index contributed by atoms with van der Waals surface area (Å²) >= 11 is 0. The zero-order valence-electron chi connectivity index (χ0n) is 21.5. The number of amides is 3. The Bertz CT molecular complexity index is 689. The molecule has 1 fully saturated rings. The van der Waals surface area contributed by atoms with E-state index < -0.39 is 5.60 Å². The van der Waals surface area contributed by atoms with Crippen LogP contribution in [0, 0.1) is 0 Å². The largest absolute Gasteiger partial charge is 0.444 e. The van der Waals surface area contributed by atoms with E-state index in [1.807, 2.05) is 34.6 Å². The standard InChI is InChI=1S/C13H26N2O3.C9H11N3O2.C2H6/c1-13(2,3)18-12(17)14-7-4-8-15-9-5-11(16)6-10-15;1-10-9(14)12(6-7-13)8-4-2-3-5-11-8;1-2/h11,16H,4-10H2,1-3H3,(H,14,17);2-5,7H,6H2,1H3,(H,10,14);1-2H3. The van der Waals surface area contributed by atoms with Crippen LogP contribution in [0.15, 0.2) is 24.4 Å². The highest BCUT2D eigenvalue weighted by atomic mass is 16.6. The second-order valence-corrected chi connectivity index (χ2v) is 8.38. The number of alkyl carbamates (subject to hydrolysis) is 1. The maximum atomic E-state index is 11.4. The van der Waals surface area contributed by atoms with Gasteiger partial charge in [-0.25, -0.2) is 14.6 Å². The number of nitrogens with one attached hydrogen (secondary N) is 2. The third-order valence-electron chi connectivity index (χ3n) is 4.52. The number of ether oxygens (including phenoxy) is 1. The number of pyridine rings is 1. The molecule has 1 aliphatic rings. The van der Waals surface area contributed by atoms with E-state index in [4.69, 9.17) is 4.74 Å². The molecule has 0 unspecified atom stereocenters. The lowest BCUT2D eigenvalue weighted by Gasteiger charge is -2.29. The number of piperidine rings is 1. The Morgan fingerprint density at radius 2 is 1.91 bits per heavy atom. The van der Waals surface area contributed by atoms with Crippen molar-refractivity contribution in [1.29, 1.82) is 0 Å². The first-order valence-electron chi connectivity index (χ1n) is 11.9. The molecule has 0 radical (unpaired) electrons. The van der Waals surface area contributed by atoms with Gasteiger partial charge in [-0.15, -0.1) is 0 Å². The lowest BCUT2D eigenvalue weighted by atomic mass is 10.1. The monoisotopic (exact) mass is 481 g/mol. The summed E-state index contributed by atoms with van der Waals surface area (Å²) in [4.78, 5) is 40.6. The molecule has 0 saturated carbocycles. The van der Waals surface area contributed by atoms with Gasteiger partial charge in [0, 0.05) is 32.9 Å². The summed E-state index contributed by atoms with van der Waals surface area (Å²) in [6.07, 6.45) is 4.38. The van der Waals surface area contributed by atoms with Crippen LogP contribution in [0.1, 0.15) is 53.9 Å². The van der Waals surface area contributed by atoms with Gasteiger partial charge in [0.15, 0.2) is 0 Å². The number of aliphatic hydroxyl groups excluding tert-OH is 1. The van der Waals surface area contributed by atoms with Crippen molar-refractivity contribution in [3.63, 3.8) is 0 Å². The van der Waals surface area contributed by atoms with E-state index in [9.17, 15) is 19.5 Å². The van der Waals surface area contributed by atoms with Gasteiger partial charge in [0.25, 0.3) is 0 Å². The van der Waals surface area contributed by atoms with Crippen LogP contribution in [-0.2, 0) is 9.53 Å². The predicted octanol–water partition coefficient (Wildman–Crippen LogP) is 2.81. The van der Waals surface area contributed by atoms with E-state index in [0.29, 0.717) is 18.6 Å². The predicted molar refractivity (Wildman–Crippen MR) is 134 cm³/mol. The fourth-order valence-electron chi connectivity index (χ4n) is 2.95. The molecule has 0 aromatic carbocycles. The number of nitrogens with zero attached hydrogens (tertiary/aromatic N) is 3. The molecule has 3 N–H and O–H groups in total. The summed E-state index contributed by atoms with van der Waals surface area (Å²) in [5.74, 6) is 0.457. The Morgan fingerprint density at radius 1 is 1.26 bits per heavy atom. The van der Waals surface area contributed by atoms with Crippen molar-refractivity contribution < 1.29 is 24.2 Å². The van der Waals surface area contributed by atoms with Crippen molar-refractivity contribution in [2.75, 3.05) is 44.7 Å². The molecular formula is C24H43N5O5. The Balaban J connectivity index is 0.000000613. The number of urea groups is 1. The Labute approximate surface area is 204 Å². The van der Waals surface area contributed by atoms with Gasteiger partial charge in [-0.1, -0.05) is 19.9 Å². The molecule has 10 nitrogen and oxygen atoms in total. The van der Waals surface area contributed by atoms with Crippen LogP contribution in [-0.4, -0.2) is 84.9 Å².